The Labute approximate surface area is 147 Å². The average molecular weight is 340 g/mol. The van der Waals surface area contributed by atoms with Crippen LogP contribution in [0.1, 0.15) is 54.2 Å². The number of methoxy groups -OCH3 is 1. The maximum atomic E-state index is 13.1. The fraction of sp³-hybridized carbons (Fsp3) is 0.500. The predicted molar refractivity (Wildman–Crippen MR) is 94.9 cm³/mol. The van der Waals surface area contributed by atoms with Crippen molar-refractivity contribution >= 4 is 5.91 Å². The summed E-state index contributed by atoms with van der Waals surface area (Å²) in [6, 6.07) is 6.33. The van der Waals surface area contributed by atoms with Crippen molar-refractivity contribution in [2.75, 3.05) is 13.7 Å². The molecule has 1 amide bonds. The van der Waals surface area contributed by atoms with Gasteiger partial charge in [0, 0.05) is 23.7 Å². The number of carbonyl (C=O) groups is 1. The summed E-state index contributed by atoms with van der Waals surface area (Å²) in [6.45, 7) is 2.97. The number of aromatic nitrogens is 1. The van der Waals surface area contributed by atoms with E-state index < -0.39 is 0 Å². The molecule has 1 atom stereocenters. The molecule has 2 heterocycles. The number of likely N-dealkylation sites (tertiary alicyclic amines) is 1. The van der Waals surface area contributed by atoms with Gasteiger partial charge in [-0.3, -0.25) is 4.79 Å². The van der Waals surface area contributed by atoms with E-state index in [0.717, 1.165) is 61.3 Å². The Hall–Kier alpha value is -2.30. The van der Waals surface area contributed by atoms with E-state index in [9.17, 15) is 4.79 Å². The fourth-order valence-electron chi connectivity index (χ4n) is 4.12. The van der Waals surface area contributed by atoms with Crippen LogP contribution in [0.2, 0.25) is 0 Å². The molecular formula is C20H24N2O3. The van der Waals surface area contributed by atoms with Crippen molar-refractivity contribution in [2.24, 2.45) is 0 Å². The summed E-state index contributed by atoms with van der Waals surface area (Å²) in [4.78, 5) is 15.1. The van der Waals surface area contributed by atoms with Crippen LogP contribution < -0.4 is 4.74 Å². The van der Waals surface area contributed by atoms with Gasteiger partial charge in [0.25, 0.3) is 5.91 Å². The van der Waals surface area contributed by atoms with Crippen LogP contribution in [0.25, 0.3) is 11.3 Å². The number of benzene rings is 1. The molecule has 1 saturated heterocycles. The summed E-state index contributed by atoms with van der Waals surface area (Å²) < 4.78 is 11.0. The van der Waals surface area contributed by atoms with E-state index in [1.807, 2.05) is 17.0 Å². The fourth-order valence-corrected chi connectivity index (χ4v) is 4.12. The molecule has 0 N–H and O–H groups in total. The van der Waals surface area contributed by atoms with E-state index in [2.05, 4.69) is 18.1 Å². The number of carbonyl (C=O) groups excluding carboxylic acids is 1. The second kappa shape index (κ2) is 6.54. The Bertz CT molecular complexity index is 796. The van der Waals surface area contributed by atoms with Crippen LogP contribution in [0, 0.1) is 0 Å². The molecule has 0 radical (unpaired) electrons. The molecule has 2 aliphatic rings. The molecule has 1 aliphatic heterocycles. The lowest BCUT2D eigenvalue weighted by molar-refractivity contribution is 0.0596. The third-order valence-corrected chi connectivity index (χ3v) is 5.56. The summed E-state index contributed by atoms with van der Waals surface area (Å²) in [7, 11) is 1.65. The van der Waals surface area contributed by atoms with E-state index in [0.29, 0.717) is 11.7 Å². The standard InChI is InChI=1S/C20H24N2O3/c1-3-14-6-4-5-11-22(14)20(23)18-16-10-8-13-7-9-15(24-2)12-17(13)19(16)25-21-18/h7,9,12,14H,3-6,8,10-11H2,1-2H3/t14-/m0/s1. The summed E-state index contributed by atoms with van der Waals surface area (Å²) in [6.07, 6.45) is 6.04. The highest BCUT2D eigenvalue weighted by atomic mass is 16.5. The molecule has 1 aromatic carbocycles. The van der Waals surface area contributed by atoms with Crippen LogP contribution in [-0.4, -0.2) is 35.7 Å². The number of rotatable bonds is 3. The van der Waals surface area contributed by atoms with E-state index in [4.69, 9.17) is 9.26 Å². The number of aryl methyl sites for hydroxylation is 1. The summed E-state index contributed by atoms with van der Waals surface area (Å²) in [5.41, 5.74) is 3.67. The van der Waals surface area contributed by atoms with Gasteiger partial charge in [-0.1, -0.05) is 18.1 Å². The van der Waals surface area contributed by atoms with Gasteiger partial charge < -0.3 is 14.2 Å². The monoisotopic (exact) mass is 340 g/mol. The van der Waals surface area contributed by atoms with Gasteiger partial charge in [0.15, 0.2) is 11.5 Å². The minimum absolute atomic E-state index is 0.0305. The Balaban J connectivity index is 1.70. The number of hydrogen-bond donors (Lipinski definition) is 0. The summed E-state index contributed by atoms with van der Waals surface area (Å²) in [5.74, 6) is 1.55. The van der Waals surface area contributed by atoms with Gasteiger partial charge in [0.2, 0.25) is 0 Å². The van der Waals surface area contributed by atoms with Crippen LogP contribution >= 0.6 is 0 Å². The quantitative estimate of drug-likeness (QED) is 0.851. The molecule has 132 valence electrons. The lowest BCUT2D eigenvalue weighted by atomic mass is 9.89. The molecule has 5 nitrogen and oxygen atoms in total. The summed E-state index contributed by atoms with van der Waals surface area (Å²) in [5, 5.41) is 4.19. The molecule has 25 heavy (non-hydrogen) atoms. The zero-order valence-electron chi connectivity index (χ0n) is 14.9. The van der Waals surface area contributed by atoms with E-state index in [-0.39, 0.29) is 5.91 Å². The number of piperidine rings is 1. The van der Waals surface area contributed by atoms with Gasteiger partial charge in [0.05, 0.1) is 7.11 Å². The van der Waals surface area contributed by atoms with Crippen molar-refractivity contribution in [3.05, 3.63) is 35.0 Å². The van der Waals surface area contributed by atoms with E-state index in [1.54, 1.807) is 7.11 Å². The number of hydrogen-bond acceptors (Lipinski definition) is 4. The first-order valence-electron chi connectivity index (χ1n) is 9.19. The number of amides is 1. The van der Waals surface area contributed by atoms with Crippen molar-refractivity contribution < 1.29 is 14.1 Å². The Morgan fingerprint density at radius 3 is 3.04 bits per heavy atom. The largest absolute Gasteiger partial charge is 0.497 e. The minimum Gasteiger partial charge on any atom is -0.497 e. The topological polar surface area (TPSA) is 55.6 Å². The first-order chi connectivity index (χ1) is 12.2. The molecule has 2 aromatic rings. The number of fused-ring (bicyclic) bond motifs is 3. The second-order valence-corrected chi connectivity index (χ2v) is 6.92. The maximum Gasteiger partial charge on any atom is 0.276 e. The van der Waals surface area contributed by atoms with Crippen LogP contribution in [0.4, 0.5) is 0 Å². The highest BCUT2D eigenvalue weighted by Gasteiger charge is 2.33. The molecular weight excluding hydrogens is 316 g/mol. The zero-order valence-corrected chi connectivity index (χ0v) is 14.9. The molecule has 4 rings (SSSR count). The highest BCUT2D eigenvalue weighted by molar-refractivity contribution is 5.96. The molecule has 0 saturated carbocycles. The molecule has 1 aromatic heterocycles. The van der Waals surface area contributed by atoms with Crippen molar-refractivity contribution in [2.45, 2.75) is 51.5 Å². The first kappa shape index (κ1) is 16.2. The third-order valence-electron chi connectivity index (χ3n) is 5.56. The molecule has 1 aliphatic carbocycles. The SMILES string of the molecule is CC[C@H]1CCCCN1C(=O)c1noc2c1CCc1ccc(OC)cc1-2. The van der Waals surface area contributed by atoms with Gasteiger partial charge in [-0.15, -0.1) is 0 Å². The first-order valence-corrected chi connectivity index (χ1v) is 9.19. The van der Waals surface area contributed by atoms with Crippen LogP contribution in [-0.2, 0) is 12.8 Å². The Morgan fingerprint density at radius 2 is 2.24 bits per heavy atom. The minimum atomic E-state index is 0.0305. The molecule has 0 bridgehead atoms. The van der Waals surface area contributed by atoms with Gasteiger partial charge >= 0.3 is 0 Å². The van der Waals surface area contributed by atoms with Crippen molar-refractivity contribution in [3.8, 4) is 17.1 Å². The van der Waals surface area contributed by atoms with Gasteiger partial charge in [-0.05, 0) is 56.2 Å². The molecule has 5 heteroatoms. The van der Waals surface area contributed by atoms with Gasteiger partial charge in [0.1, 0.15) is 5.75 Å². The van der Waals surface area contributed by atoms with Gasteiger partial charge in [-0.25, -0.2) is 0 Å². The van der Waals surface area contributed by atoms with Crippen LogP contribution in [0.5, 0.6) is 5.75 Å². The van der Waals surface area contributed by atoms with Crippen molar-refractivity contribution in [1.82, 2.24) is 10.1 Å². The molecule has 1 fully saturated rings. The average Bonchev–Trinajstić information content (AvgIpc) is 3.11. The zero-order chi connectivity index (χ0) is 17.4. The Morgan fingerprint density at radius 1 is 1.36 bits per heavy atom. The molecule has 0 spiro atoms. The van der Waals surface area contributed by atoms with Crippen LogP contribution in [0.15, 0.2) is 22.7 Å². The van der Waals surface area contributed by atoms with Crippen LogP contribution in [0.3, 0.4) is 0 Å². The molecule has 0 unspecified atom stereocenters. The number of nitrogens with zero attached hydrogens (tertiary/aromatic N) is 2. The lowest BCUT2D eigenvalue weighted by Crippen LogP contribution is -2.43. The lowest BCUT2D eigenvalue weighted by Gasteiger charge is -2.34. The van der Waals surface area contributed by atoms with E-state index >= 15 is 0 Å². The smallest absolute Gasteiger partial charge is 0.276 e. The summed E-state index contributed by atoms with van der Waals surface area (Å²) >= 11 is 0. The highest BCUT2D eigenvalue weighted by Crippen LogP contribution is 2.38. The second-order valence-electron chi connectivity index (χ2n) is 6.92. The number of ether oxygens (including phenoxy) is 1. The predicted octanol–water partition coefficient (Wildman–Crippen LogP) is 3.85. The normalized spacial score (nSPS) is 19.3. The van der Waals surface area contributed by atoms with Crippen molar-refractivity contribution in [3.63, 3.8) is 0 Å². The van der Waals surface area contributed by atoms with Crippen molar-refractivity contribution in [1.29, 1.82) is 0 Å². The maximum absolute atomic E-state index is 13.1. The van der Waals surface area contributed by atoms with E-state index in [1.165, 1.54) is 12.0 Å². The third kappa shape index (κ3) is 2.71. The Kier molecular flexibility index (Phi) is 4.24. The van der Waals surface area contributed by atoms with Gasteiger partial charge in [-0.2, -0.15) is 0 Å².